The highest BCUT2D eigenvalue weighted by atomic mass is 19.1. The van der Waals surface area contributed by atoms with Crippen molar-refractivity contribution in [2.24, 2.45) is 5.92 Å². The van der Waals surface area contributed by atoms with Gasteiger partial charge in [-0.25, -0.2) is 4.39 Å². The van der Waals surface area contributed by atoms with Crippen LogP contribution in [0.4, 0.5) is 4.39 Å². The van der Waals surface area contributed by atoms with Crippen LogP contribution in [-0.4, -0.2) is 69.8 Å². The van der Waals surface area contributed by atoms with Crippen molar-refractivity contribution in [1.29, 1.82) is 0 Å². The molecule has 3 N–H and O–H groups in total. The SMILES string of the molecule is COc1ccc(COc2ccc(C(O)CN3C[C@@H]4C[C@@H](Oc5ccccc5F)[C@@H](O)[C@]4(O)C3)nc2)cc1. The molecule has 196 valence electrons. The number of aliphatic hydroxyl groups is 3. The molecule has 0 bridgehead atoms. The molecular weight excluding hydrogens is 479 g/mol. The van der Waals surface area contributed by atoms with Crippen molar-refractivity contribution in [3.05, 3.63) is 83.9 Å². The Balaban J connectivity index is 1.13. The number of β-amino-alcohol motifs (C(OH)–C–C–N with tert-alkyl or cyclic N) is 2. The summed E-state index contributed by atoms with van der Waals surface area (Å²) in [7, 11) is 1.62. The lowest BCUT2D eigenvalue weighted by Gasteiger charge is -2.29. The number of rotatable bonds is 9. The number of methoxy groups -OCH3 is 1. The van der Waals surface area contributed by atoms with Crippen molar-refractivity contribution >= 4 is 0 Å². The lowest BCUT2D eigenvalue weighted by molar-refractivity contribution is -0.0879. The number of hydrogen-bond acceptors (Lipinski definition) is 8. The number of fused-ring (bicyclic) bond motifs is 1. The maximum atomic E-state index is 14.0. The van der Waals surface area contributed by atoms with Crippen molar-refractivity contribution in [2.45, 2.75) is 36.9 Å². The summed E-state index contributed by atoms with van der Waals surface area (Å²) in [5.41, 5.74) is 0.0932. The molecule has 1 aliphatic heterocycles. The van der Waals surface area contributed by atoms with E-state index in [0.717, 1.165) is 11.3 Å². The number of para-hydroxylation sites is 1. The molecule has 2 heterocycles. The monoisotopic (exact) mass is 510 g/mol. The smallest absolute Gasteiger partial charge is 0.165 e. The molecule has 1 aliphatic carbocycles. The van der Waals surface area contributed by atoms with E-state index in [4.69, 9.17) is 14.2 Å². The van der Waals surface area contributed by atoms with Gasteiger partial charge in [-0.2, -0.15) is 0 Å². The highest BCUT2D eigenvalue weighted by Crippen LogP contribution is 2.44. The zero-order chi connectivity index (χ0) is 26.0. The van der Waals surface area contributed by atoms with E-state index in [1.54, 1.807) is 37.6 Å². The van der Waals surface area contributed by atoms with Gasteiger partial charge >= 0.3 is 0 Å². The van der Waals surface area contributed by atoms with Gasteiger partial charge in [-0.05, 0) is 48.4 Å². The molecule has 0 radical (unpaired) electrons. The van der Waals surface area contributed by atoms with Gasteiger partial charge in [0.2, 0.25) is 0 Å². The fourth-order valence-electron chi connectivity index (χ4n) is 5.22. The number of aromatic nitrogens is 1. The number of benzene rings is 2. The highest BCUT2D eigenvalue weighted by Gasteiger charge is 2.59. The summed E-state index contributed by atoms with van der Waals surface area (Å²) in [4.78, 5) is 6.25. The van der Waals surface area contributed by atoms with Gasteiger partial charge in [-0.15, -0.1) is 0 Å². The molecule has 2 fully saturated rings. The predicted molar refractivity (Wildman–Crippen MR) is 133 cm³/mol. The lowest BCUT2D eigenvalue weighted by Crippen LogP contribution is -2.49. The van der Waals surface area contributed by atoms with Crippen molar-refractivity contribution in [2.75, 3.05) is 26.7 Å². The third-order valence-electron chi connectivity index (χ3n) is 7.25. The van der Waals surface area contributed by atoms with Crippen LogP contribution in [0.5, 0.6) is 17.2 Å². The number of likely N-dealkylation sites (tertiary alicyclic amines) is 1. The number of aliphatic hydroxyl groups excluding tert-OH is 2. The van der Waals surface area contributed by atoms with Crippen LogP contribution < -0.4 is 14.2 Å². The largest absolute Gasteiger partial charge is 0.497 e. The summed E-state index contributed by atoms with van der Waals surface area (Å²) >= 11 is 0. The summed E-state index contributed by atoms with van der Waals surface area (Å²) in [5, 5.41) is 32.8. The van der Waals surface area contributed by atoms with E-state index in [2.05, 4.69) is 4.98 Å². The zero-order valence-corrected chi connectivity index (χ0v) is 20.5. The van der Waals surface area contributed by atoms with Gasteiger partial charge in [0.1, 0.15) is 42.0 Å². The van der Waals surface area contributed by atoms with Crippen LogP contribution in [0, 0.1) is 11.7 Å². The molecule has 1 saturated heterocycles. The molecule has 2 aromatic carbocycles. The molecule has 5 rings (SSSR count). The number of nitrogens with zero attached hydrogens (tertiary/aromatic N) is 2. The first-order valence-corrected chi connectivity index (χ1v) is 12.3. The molecule has 9 heteroatoms. The Kier molecular flexibility index (Phi) is 7.30. The Bertz CT molecular complexity index is 1190. The van der Waals surface area contributed by atoms with Crippen LogP contribution in [-0.2, 0) is 6.61 Å². The maximum absolute atomic E-state index is 14.0. The van der Waals surface area contributed by atoms with E-state index >= 15 is 0 Å². The van der Waals surface area contributed by atoms with E-state index in [1.807, 2.05) is 29.2 Å². The quantitative estimate of drug-likeness (QED) is 0.404. The Labute approximate surface area is 214 Å². The van der Waals surface area contributed by atoms with Gasteiger partial charge in [0.05, 0.1) is 19.0 Å². The average Bonchev–Trinajstić information content (AvgIpc) is 3.34. The van der Waals surface area contributed by atoms with Crippen molar-refractivity contribution in [1.82, 2.24) is 9.88 Å². The average molecular weight is 511 g/mol. The minimum atomic E-state index is -1.39. The molecule has 1 unspecified atom stereocenters. The normalized spacial score (nSPS) is 26.0. The summed E-state index contributed by atoms with van der Waals surface area (Å²) in [6, 6.07) is 17.1. The molecule has 2 aliphatic rings. The fraction of sp³-hybridized carbons (Fsp3) is 0.393. The first kappa shape index (κ1) is 25.4. The summed E-state index contributed by atoms with van der Waals surface area (Å²) < 4.78 is 30.6. The van der Waals surface area contributed by atoms with Gasteiger partial charge < -0.3 is 29.5 Å². The molecule has 1 saturated carbocycles. The van der Waals surface area contributed by atoms with Crippen molar-refractivity contribution in [3.63, 3.8) is 0 Å². The fourth-order valence-corrected chi connectivity index (χ4v) is 5.22. The highest BCUT2D eigenvalue weighted by molar-refractivity contribution is 5.28. The molecule has 37 heavy (non-hydrogen) atoms. The Morgan fingerprint density at radius 3 is 2.54 bits per heavy atom. The van der Waals surface area contributed by atoms with E-state index in [0.29, 0.717) is 31.0 Å². The molecule has 3 aromatic rings. The van der Waals surface area contributed by atoms with Crippen LogP contribution >= 0.6 is 0 Å². The summed E-state index contributed by atoms with van der Waals surface area (Å²) in [6.45, 7) is 1.29. The topological polar surface area (TPSA) is 105 Å². The van der Waals surface area contributed by atoms with E-state index in [1.165, 1.54) is 12.1 Å². The predicted octanol–water partition coefficient (Wildman–Crippen LogP) is 2.72. The molecule has 0 amide bonds. The van der Waals surface area contributed by atoms with Crippen molar-refractivity contribution < 1.29 is 33.9 Å². The molecule has 0 spiro atoms. The van der Waals surface area contributed by atoms with Crippen molar-refractivity contribution in [3.8, 4) is 17.2 Å². The maximum Gasteiger partial charge on any atom is 0.165 e. The summed E-state index contributed by atoms with van der Waals surface area (Å²) in [6.07, 6.45) is -0.786. The minimum absolute atomic E-state index is 0.0601. The van der Waals surface area contributed by atoms with Gasteiger partial charge in [-0.3, -0.25) is 9.88 Å². The minimum Gasteiger partial charge on any atom is -0.497 e. The number of halogens is 1. The summed E-state index contributed by atoms with van der Waals surface area (Å²) in [5.74, 6) is 0.662. The van der Waals surface area contributed by atoms with Crippen LogP contribution in [0.15, 0.2) is 66.9 Å². The van der Waals surface area contributed by atoms with Crippen LogP contribution in [0.2, 0.25) is 0 Å². The molecule has 1 aromatic heterocycles. The molecular formula is C28H31FN2O6. The van der Waals surface area contributed by atoms with Gasteiger partial charge in [0.25, 0.3) is 0 Å². The first-order valence-electron chi connectivity index (χ1n) is 12.3. The van der Waals surface area contributed by atoms with Crippen LogP contribution in [0.1, 0.15) is 23.8 Å². The number of hydrogen-bond donors (Lipinski definition) is 3. The van der Waals surface area contributed by atoms with Gasteiger partial charge in [0, 0.05) is 25.6 Å². The second-order valence-corrected chi connectivity index (χ2v) is 9.72. The van der Waals surface area contributed by atoms with E-state index in [-0.39, 0.29) is 24.8 Å². The second-order valence-electron chi connectivity index (χ2n) is 9.72. The van der Waals surface area contributed by atoms with Crippen LogP contribution in [0.25, 0.3) is 0 Å². The Hall–Kier alpha value is -3.24. The van der Waals surface area contributed by atoms with E-state index < -0.39 is 29.7 Å². The first-order chi connectivity index (χ1) is 17.9. The molecule has 5 atom stereocenters. The Morgan fingerprint density at radius 2 is 1.86 bits per heavy atom. The van der Waals surface area contributed by atoms with Gasteiger partial charge in [-0.1, -0.05) is 24.3 Å². The number of pyridine rings is 1. The third kappa shape index (κ3) is 5.40. The Morgan fingerprint density at radius 1 is 1.11 bits per heavy atom. The second kappa shape index (κ2) is 10.6. The number of ether oxygens (including phenoxy) is 3. The van der Waals surface area contributed by atoms with E-state index in [9.17, 15) is 19.7 Å². The third-order valence-corrected chi connectivity index (χ3v) is 7.25. The lowest BCUT2D eigenvalue weighted by atomic mass is 9.93. The van der Waals surface area contributed by atoms with Crippen LogP contribution in [0.3, 0.4) is 0 Å². The standard InChI is InChI=1S/C28H31FN2O6/c1-35-20-8-6-18(7-9-20)16-36-21-10-11-23(30-13-21)24(32)15-31-14-19-12-26(27(33)28(19,34)17-31)37-25-5-3-2-4-22(25)29/h2-11,13,19,24,26-27,32-34H,12,14-17H2,1H3/t19-,24?,26+,27+,28-/m0/s1. The zero-order valence-electron chi connectivity index (χ0n) is 20.5. The van der Waals surface area contributed by atoms with Gasteiger partial charge in [0.15, 0.2) is 11.6 Å². The molecule has 8 nitrogen and oxygen atoms in total.